The van der Waals surface area contributed by atoms with E-state index in [-0.39, 0.29) is 37.5 Å². The van der Waals surface area contributed by atoms with Gasteiger partial charge in [0.1, 0.15) is 13.2 Å². The fourth-order valence-corrected chi connectivity index (χ4v) is 6.36. The maximum Gasteiger partial charge on any atom is 0.306 e. The van der Waals surface area contributed by atoms with Crippen LogP contribution in [-0.2, 0) is 28.6 Å². The summed E-state index contributed by atoms with van der Waals surface area (Å²) in [5.41, 5.74) is 0. The molecular weight excluding hydrogens is 757 g/mol. The Kier molecular flexibility index (Phi) is 46.0. The van der Waals surface area contributed by atoms with Crippen molar-refractivity contribution in [2.75, 3.05) is 13.2 Å². The van der Waals surface area contributed by atoms with E-state index in [0.717, 1.165) is 83.5 Å². The number of rotatable bonds is 43. The van der Waals surface area contributed by atoms with Gasteiger partial charge in [0.2, 0.25) is 0 Å². The molecule has 0 aliphatic heterocycles. The fourth-order valence-electron chi connectivity index (χ4n) is 6.36. The number of ether oxygens (including phenoxy) is 3. The lowest BCUT2D eigenvalue weighted by Crippen LogP contribution is -2.30. The lowest BCUT2D eigenvalue weighted by molar-refractivity contribution is -0.167. The van der Waals surface area contributed by atoms with Crippen molar-refractivity contribution in [3.05, 3.63) is 97.2 Å². The van der Waals surface area contributed by atoms with Crippen LogP contribution in [0.2, 0.25) is 0 Å². The molecule has 0 aromatic rings. The summed E-state index contributed by atoms with van der Waals surface area (Å²) in [5, 5.41) is 0. The van der Waals surface area contributed by atoms with Gasteiger partial charge in [-0.2, -0.15) is 0 Å². The first-order valence-corrected chi connectivity index (χ1v) is 24.7. The summed E-state index contributed by atoms with van der Waals surface area (Å²) in [4.78, 5) is 37.8. The van der Waals surface area contributed by atoms with E-state index in [1.165, 1.54) is 77.0 Å². The Morgan fingerprint density at radius 1 is 0.344 bits per heavy atom. The van der Waals surface area contributed by atoms with Crippen molar-refractivity contribution in [1.29, 1.82) is 0 Å². The van der Waals surface area contributed by atoms with Gasteiger partial charge in [-0.05, 0) is 96.3 Å². The molecule has 0 rings (SSSR count). The zero-order valence-electron chi connectivity index (χ0n) is 39.4. The standard InChI is InChI=1S/C55H90O6/c1-4-7-10-13-16-19-22-24-26-27-29-31-34-37-40-43-46-49-55(58)61-52(50-59-53(56)47-44-41-38-35-32-21-18-15-12-9-6-3)51-60-54(57)48-45-42-39-36-33-30-28-25-23-20-17-14-11-8-5-2/h8,11,16-17,19-20,24-26,28-29,31,33,36-37,40,52H,4-7,9-10,12-15,18,21-23,27,30,32,34-35,38-39,41-51H2,1-3H3/b11-8-,19-16-,20-17-,26-24-,28-25-,31-29-,36-33-,40-37-/t52-/m0/s1. The van der Waals surface area contributed by atoms with Gasteiger partial charge in [-0.1, -0.05) is 195 Å². The predicted octanol–water partition coefficient (Wildman–Crippen LogP) is 16.2. The molecule has 6 heteroatoms. The Morgan fingerprint density at radius 3 is 1.08 bits per heavy atom. The number of unbranched alkanes of at least 4 members (excludes halogenated alkanes) is 16. The molecule has 0 N–H and O–H groups in total. The molecule has 0 heterocycles. The Bertz CT molecular complexity index is 1250. The third-order valence-electron chi connectivity index (χ3n) is 10.1. The van der Waals surface area contributed by atoms with Crippen molar-refractivity contribution in [1.82, 2.24) is 0 Å². The molecule has 1 atom stereocenters. The Balaban J connectivity index is 4.55. The normalized spacial score (nSPS) is 12.9. The van der Waals surface area contributed by atoms with E-state index < -0.39 is 6.10 Å². The molecule has 0 fully saturated rings. The minimum Gasteiger partial charge on any atom is -0.462 e. The van der Waals surface area contributed by atoms with Crippen molar-refractivity contribution < 1.29 is 28.6 Å². The van der Waals surface area contributed by atoms with Crippen LogP contribution >= 0.6 is 0 Å². The summed E-state index contributed by atoms with van der Waals surface area (Å²) in [6.07, 6.45) is 63.9. The van der Waals surface area contributed by atoms with Crippen molar-refractivity contribution in [3.63, 3.8) is 0 Å². The highest BCUT2D eigenvalue weighted by Gasteiger charge is 2.19. The first kappa shape index (κ1) is 57.3. The molecule has 0 aromatic heterocycles. The third-order valence-corrected chi connectivity index (χ3v) is 10.1. The zero-order valence-corrected chi connectivity index (χ0v) is 39.4. The van der Waals surface area contributed by atoms with Gasteiger partial charge in [0, 0.05) is 19.3 Å². The van der Waals surface area contributed by atoms with Crippen LogP contribution in [0.3, 0.4) is 0 Å². The highest BCUT2D eigenvalue weighted by Crippen LogP contribution is 2.13. The minimum atomic E-state index is -0.821. The second-order valence-electron chi connectivity index (χ2n) is 16.0. The summed E-state index contributed by atoms with van der Waals surface area (Å²) in [7, 11) is 0. The molecule has 0 unspecified atom stereocenters. The van der Waals surface area contributed by atoms with E-state index in [0.29, 0.717) is 25.7 Å². The lowest BCUT2D eigenvalue weighted by Gasteiger charge is -2.18. The molecule has 0 aromatic carbocycles. The Labute approximate surface area is 375 Å². The van der Waals surface area contributed by atoms with Gasteiger partial charge in [0.15, 0.2) is 6.10 Å². The first-order valence-electron chi connectivity index (χ1n) is 24.7. The molecule has 0 amide bonds. The summed E-state index contributed by atoms with van der Waals surface area (Å²) in [5.74, 6) is -1.02. The molecule has 346 valence electrons. The van der Waals surface area contributed by atoms with E-state index >= 15 is 0 Å². The molecule has 0 bridgehead atoms. The number of carbonyl (C=O) groups is 3. The van der Waals surface area contributed by atoms with E-state index in [9.17, 15) is 14.4 Å². The molecule has 0 aliphatic rings. The van der Waals surface area contributed by atoms with Crippen LogP contribution in [0, 0.1) is 0 Å². The van der Waals surface area contributed by atoms with Crippen molar-refractivity contribution in [2.45, 2.75) is 219 Å². The highest BCUT2D eigenvalue weighted by atomic mass is 16.6. The predicted molar refractivity (Wildman–Crippen MR) is 260 cm³/mol. The van der Waals surface area contributed by atoms with Gasteiger partial charge >= 0.3 is 17.9 Å². The summed E-state index contributed by atoms with van der Waals surface area (Å²) < 4.78 is 16.7. The Hall–Kier alpha value is -3.67. The summed E-state index contributed by atoms with van der Waals surface area (Å²) >= 11 is 0. The number of hydrogen-bond acceptors (Lipinski definition) is 6. The van der Waals surface area contributed by atoms with Crippen molar-refractivity contribution in [3.8, 4) is 0 Å². The van der Waals surface area contributed by atoms with E-state index in [4.69, 9.17) is 14.2 Å². The smallest absolute Gasteiger partial charge is 0.306 e. The van der Waals surface area contributed by atoms with Gasteiger partial charge in [-0.25, -0.2) is 0 Å². The van der Waals surface area contributed by atoms with Crippen LogP contribution < -0.4 is 0 Å². The van der Waals surface area contributed by atoms with Gasteiger partial charge < -0.3 is 14.2 Å². The monoisotopic (exact) mass is 847 g/mol. The summed E-state index contributed by atoms with van der Waals surface area (Å²) in [6.45, 7) is 6.39. The molecule has 0 radical (unpaired) electrons. The lowest BCUT2D eigenvalue weighted by atomic mass is 10.1. The average molecular weight is 847 g/mol. The maximum absolute atomic E-state index is 12.8. The molecule has 61 heavy (non-hydrogen) atoms. The average Bonchev–Trinajstić information content (AvgIpc) is 3.26. The van der Waals surface area contributed by atoms with Gasteiger partial charge in [0.05, 0.1) is 0 Å². The first-order chi connectivity index (χ1) is 30.0. The van der Waals surface area contributed by atoms with Gasteiger partial charge in [0.25, 0.3) is 0 Å². The van der Waals surface area contributed by atoms with Crippen LogP contribution in [0.1, 0.15) is 213 Å². The molecule has 0 spiro atoms. The Morgan fingerprint density at radius 2 is 0.656 bits per heavy atom. The molecular formula is C55H90O6. The second kappa shape index (κ2) is 49.0. The molecule has 0 aliphatic carbocycles. The van der Waals surface area contributed by atoms with Crippen molar-refractivity contribution in [2.24, 2.45) is 0 Å². The molecule has 6 nitrogen and oxygen atoms in total. The fraction of sp³-hybridized carbons (Fsp3) is 0.655. The highest BCUT2D eigenvalue weighted by molar-refractivity contribution is 5.71. The van der Waals surface area contributed by atoms with Gasteiger partial charge in [-0.3, -0.25) is 14.4 Å². The number of allylic oxidation sites excluding steroid dienone is 16. The van der Waals surface area contributed by atoms with Crippen LogP contribution in [0.5, 0.6) is 0 Å². The second-order valence-corrected chi connectivity index (χ2v) is 16.0. The van der Waals surface area contributed by atoms with Crippen LogP contribution in [0.4, 0.5) is 0 Å². The SMILES string of the molecule is CC/C=C\C/C=C\C/C=C\C/C=C\CCCCC(=O)OC[C@H](COC(=O)CCCCCCCCCCCCC)OC(=O)CCC/C=C\C/C=C\C/C=C\C/C=C\CCCCC. The van der Waals surface area contributed by atoms with Crippen LogP contribution in [0.15, 0.2) is 97.2 Å². The molecule has 0 saturated heterocycles. The van der Waals surface area contributed by atoms with E-state index in [2.05, 4.69) is 118 Å². The van der Waals surface area contributed by atoms with E-state index in [1.807, 2.05) is 0 Å². The molecule has 0 saturated carbocycles. The topological polar surface area (TPSA) is 78.9 Å². The van der Waals surface area contributed by atoms with Gasteiger partial charge in [-0.15, -0.1) is 0 Å². The maximum atomic E-state index is 12.8. The minimum absolute atomic E-state index is 0.112. The largest absolute Gasteiger partial charge is 0.462 e. The van der Waals surface area contributed by atoms with Crippen LogP contribution in [-0.4, -0.2) is 37.2 Å². The zero-order chi connectivity index (χ0) is 44.4. The van der Waals surface area contributed by atoms with Crippen LogP contribution in [0.25, 0.3) is 0 Å². The quantitative estimate of drug-likeness (QED) is 0.0263. The number of hydrogen-bond donors (Lipinski definition) is 0. The van der Waals surface area contributed by atoms with Crippen molar-refractivity contribution >= 4 is 17.9 Å². The number of esters is 3. The summed E-state index contributed by atoms with van der Waals surface area (Å²) in [6, 6.07) is 0. The van der Waals surface area contributed by atoms with E-state index in [1.54, 1.807) is 0 Å². The number of carbonyl (C=O) groups excluding carboxylic acids is 3. The third kappa shape index (κ3) is 47.2.